The Morgan fingerprint density at radius 1 is 1.04 bits per heavy atom. The van der Waals surface area contributed by atoms with E-state index in [1.165, 1.54) is 18.4 Å². The van der Waals surface area contributed by atoms with Gasteiger partial charge in [-0.3, -0.25) is 4.79 Å². The van der Waals surface area contributed by atoms with Gasteiger partial charge in [-0.1, -0.05) is 61.9 Å². The van der Waals surface area contributed by atoms with Crippen molar-refractivity contribution in [2.75, 3.05) is 14.1 Å². The molecule has 1 N–H and O–H groups in total. The van der Waals surface area contributed by atoms with Crippen LogP contribution < -0.4 is 5.32 Å². The second kappa shape index (κ2) is 8.96. The summed E-state index contributed by atoms with van der Waals surface area (Å²) in [5.41, 5.74) is 1.55. The molecule has 0 radical (unpaired) electrons. The van der Waals surface area contributed by atoms with Gasteiger partial charge in [0.1, 0.15) is 0 Å². The highest BCUT2D eigenvalue weighted by Crippen LogP contribution is 2.22. The summed E-state index contributed by atoms with van der Waals surface area (Å²) >= 11 is 0. The first-order chi connectivity index (χ1) is 12.4. The monoisotopic (exact) mass is 374 g/mol. The summed E-state index contributed by atoms with van der Waals surface area (Å²) in [5, 5.41) is 2.91. The van der Waals surface area contributed by atoms with Crippen LogP contribution in [0.1, 0.15) is 36.8 Å². The van der Waals surface area contributed by atoms with Gasteiger partial charge in [-0.2, -0.15) is 0 Å². The van der Waals surface area contributed by atoms with Gasteiger partial charge in [0.2, 0.25) is 15.9 Å². The number of carbonyl (C=O) groups is 1. The van der Waals surface area contributed by atoms with E-state index in [2.05, 4.69) is 5.32 Å². The van der Waals surface area contributed by atoms with E-state index < -0.39 is 10.0 Å². The quantitative estimate of drug-likeness (QED) is 0.772. The fourth-order valence-corrected chi connectivity index (χ4v) is 3.94. The smallest absolute Gasteiger partial charge is 0.242 e. The highest BCUT2D eigenvalue weighted by atomic mass is 32.2. The number of nitrogens with zero attached hydrogens (tertiary/aromatic N) is 1. The van der Waals surface area contributed by atoms with Gasteiger partial charge in [0.05, 0.1) is 10.8 Å². The lowest BCUT2D eigenvalue weighted by Gasteiger charge is -2.18. The van der Waals surface area contributed by atoms with Crippen LogP contribution in [0.5, 0.6) is 0 Å². The summed E-state index contributed by atoms with van der Waals surface area (Å²) < 4.78 is 26.1. The van der Waals surface area contributed by atoms with Gasteiger partial charge in [0, 0.05) is 20.6 Å². The molecule has 2 aromatic carbocycles. The number of sulfonamides is 1. The van der Waals surface area contributed by atoms with Gasteiger partial charge in [-0.15, -0.1) is 0 Å². The summed E-state index contributed by atoms with van der Waals surface area (Å²) in [7, 11) is -0.561. The molecule has 0 aliphatic carbocycles. The van der Waals surface area contributed by atoms with Crippen LogP contribution in [0.15, 0.2) is 59.5 Å². The van der Waals surface area contributed by atoms with E-state index in [4.69, 9.17) is 0 Å². The molecular formula is C20H26N2O3S. The number of hydrogen-bond acceptors (Lipinski definition) is 3. The maximum atomic E-state index is 12.7. The van der Waals surface area contributed by atoms with Gasteiger partial charge in [0.15, 0.2) is 0 Å². The van der Waals surface area contributed by atoms with Crippen molar-refractivity contribution in [2.24, 2.45) is 0 Å². The molecule has 0 heterocycles. The summed E-state index contributed by atoms with van der Waals surface area (Å²) in [6, 6.07) is 16.4. The molecule has 2 rings (SSSR count). The average molecular weight is 375 g/mol. The van der Waals surface area contributed by atoms with Crippen LogP contribution in [0.2, 0.25) is 0 Å². The predicted octanol–water partition coefficient (Wildman–Crippen LogP) is 3.14. The van der Waals surface area contributed by atoms with Crippen LogP contribution in [-0.2, 0) is 21.4 Å². The van der Waals surface area contributed by atoms with Crippen LogP contribution in [0.4, 0.5) is 0 Å². The summed E-state index contributed by atoms with van der Waals surface area (Å²) in [6.07, 6.45) is 1.63. The topological polar surface area (TPSA) is 66.5 Å². The fourth-order valence-electron chi connectivity index (χ4n) is 2.83. The van der Waals surface area contributed by atoms with E-state index in [9.17, 15) is 13.2 Å². The highest BCUT2D eigenvalue weighted by Gasteiger charge is 2.23. The van der Waals surface area contributed by atoms with Gasteiger partial charge in [0.25, 0.3) is 0 Å². The molecule has 0 saturated heterocycles. The Morgan fingerprint density at radius 3 is 2.27 bits per heavy atom. The molecule has 140 valence electrons. The van der Waals surface area contributed by atoms with Crippen molar-refractivity contribution in [1.82, 2.24) is 9.62 Å². The van der Waals surface area contributed by atoms with Crippen LogP contribution in [0.25, 0.3) is 0 Å². The lowest BCUT2D eigenvalue weighted by molar-refractivity contribution is -0.122. The van der Waals surface area contributed by atoms with Crippen molar-refractivity contribution < 1.29 is 13.2 Å². The van der Waals surface area contributed by atoms with Crippen molar-refractivity contribution in [3.05, 3.63) is 65.7 Å². The third kappa shape index (κ3) is 4.71. The minimum Gasteiger partial charge on any atom is -0.351 e. The molecule has 0 bridgehead atoms. The molecule has 1 atom stereocenters. The van der Waals surface area contributed by atoms with Crippen molar-refractivity contribution in [3.63, 3.8) is 0 Å². The third-order valence-electron chi connectivity index (χ3n) is 4.28. The van der Waals surface area contributed by atoms with E-state index in [1.54, 1.807) is 24.3 Å². The molecule has 0 saturated carbocycles. The van der Waals surface area contributed by atoms with Crippen LogP contribution in [-0.4, -0.2) is 32.7 Å². The Morgan fingerprint density at radius 2 is 1.65 bits per heavy atom. The molecule has 0 aromatic heterocycles. The number of rotatable bonds is 8. The van der Waals surface area contributed by atoms with Gasteiger partial charge < -0.3 is 5.32 Å². The Bertz CT molecular complexity index is 833. The summed E-state index contributed by atoms with van der Waals surface area (Å²) in [4.78, 5) is 13.0. The lowest BCUT2D eigenvalue weighted by atomic mass is 9.93. The van der Waals surface area contributed by atoms with E-state index in [0.717, 1.165) is 18.4 Å². The Hall–Kier alpha value is -2.18. The maximum absolute atomic E-state index is 12.7. The zero-order valence-corrected chi connectivity index (χ0v) is 16.3. The number of amides is 1. The first kappa shape index (κ1) is 20.1. The molecular weight excluding hydrogens is 348 g/mol. The number of benzene rings is 2. The molecule has 0 fully saturated rings. The lowest BCUT2D eigenvalue weighted by Crippen LogP contribution is -2.30. The first-order valence-electron chi connectivity index (χ1n) is 8.71. The summed E-state index contributed by atoms with van der Waals surface area (Å²) in [5.74, 6) is -0.325. The summed E-state index contributed by atoms with van der Waals surface area (Å²) in [6.45, 7) is 2.22. The molecule has 2 aromatic rings. The predicted molar refractivity (Wildman–Crippen MR) is 103 cm³/mol. The van der Waals surface area contributed by atoms with Crippen molar-refractivity contribution in [3.8, 4) is 0 Å². The molecule has 0 spiro atoms. The Balaban J connectivity index is 2.19. The molecule has 6 heteroatoms. The standard InChI is InChI=1S/C20H26N2O3S/c1-4-10-18(16-11-6-5-7-12-16)20(23)21-15-17-13-8-9-14-19(17)26(24,25)22(2)3/h5-9,11-14,18H,4,10,15H2,1-3H3,(H,21,23). The fraction of sp³-hybridized carbons (Fsp3) is 0.350. The van der Waals surface area contributed by atoms with Crippen LogP contribution in [0, 0.1) is 0 Å². The zero-order valence-electron chi connectivity index (χ0n) is 15.5. The van der Waals surface area contributed by atoms with E-state index >= 15 is 0 Å². The number of nitrogens with one attached hydrogen (secondary N) is 1. The van der Waals surface area contributed by atoms with Gasteiger partial charge in [-0.05, 0) is 23.6 Å². The molecule has 1 unspecified atom stereocenters. The van der Waals surface area contributed by atoms with E-state index in [0.29, 0.717) is 5.56 Å². The van der Waals surface area contributed by atoms with Gasteiger partial charge in [-0.25, -0.2) is 12.7 Å². The van der Waals surface area contributed by atoms with Crippen molar-refractivity contribution in [2.45, 2.75) is 37.1 Å². The average Bonchev–Trinajstić information content (AvgIpc) is 2.65. The normalized spacial score (nSPS) is 12.8. The minimum atomic E-state index is -3.56. The van der Waals surface area contributed by atoms with E-state index in [1.807, 2.05) is 37.3 Å². The van der Waals surface area contributed by atoms with Crippen LogP contribution in [0.3, 0.4) is 0 Å². The second-order valence-electron chi connectivity index (χ2n) is 6.36. The number of hydrogen-bond donors (Lipinski definition) is 1. The molecule has 26 heavy (non-hydrogen) atoms. The largest absolute Gasteiger partial charge is 0.351 e. The highest BCUT2D eigenvalue weighted by molar-refractivity contribution is 7.89. The number of carbonyl (C=O) groups excluding carboxylic acids is 1. The maximum Gasteiger partial charge on any atom is 0.242 e. The second-order valence-corrected chi connectivity index (χ2v) is 8.49. The minimum absolute atomic E-state index is 0.0879. The molecule has 5 nitrogen and oxygen atoms in total. The zero-order chi connectivity index (χ0) is 19.2. The SMILES string of the molecule is CCCC(C(=O)NCc1ccccc1S(=O)(=O)N(C)C)c1ccccc1. The van der Waals surface area contributed by atoms with Crippen molar-refractivity contribution in [1.29, 1.82) is 0 Å². The van der Waals surface area contributed by atoms with Crippen molar-refractivity contribution >= 4 is 15.9 Å². The Kier molecular flexibility index (Phi) is 6.94. The molecule has 0 aliphatic heterocycles. The molecule has 0 aliphatic rings. The Labute approximate surface area is 156 Å². The van der Waals surface area contributed by atoms with Gasteiger partial charge >= 0.3 is 0 Å². The molecule has 1 amide bonds. The third-order valence-corrected chi connectivity index (χ3v) is 6.20. The first-order valence-corrected chi connectivity index (χ1v) is 10.1. The van der Waals surface area contributed by atoms with Crippen LogP contribution >= 0.6 is 0 Å². The van der Waals surface area contributed by atoms with E-state index in [-0.39, 0.29) is 23.3 Å².